The van der Waals surface area contributed by atoms with Crippen molar-refractivity contribution >= 4 is 5.69 Å². The molecular weight excluding hydrogens is 160 g/mol. The van der Waals surface area contributed by atoms with Crippen molar-refractivity contribution in [3.63, 3.8) is 0 Å². The van der Waals surface area contributed by atoms with Crippen molar-refractivity contribution in [1.29, 1.82) is 0 Å². The second kappa shape index (κ2) is 3.38. The van der Waals surface area contributed by atoms with E-state index in [0.29, 0.717) is 0 Å². The molecule has 0 saturated heterocycles. The maximum Gasteiger partial charge on any atom is 0.0391 e. The summed E-state index contributed by atoms with van der Waals surface area (Å²) in [5, 5.41) is 3.39. The van der Waals surface area contributed by atoms with E-state index < -0.39 is 0 Å². The van der Waals surface area contributed by atoms with Crippen molar-refractivity contribution in [3.8, 4) is 0 Å². The van der Waals surface area contributed by atoms with Crippen LogP contribution in [0.1, 0.15) is 30.5 Å². The molecule has 2 rings (SSSR count). The second-order valence-electron chi connectivity index (χ2n) is 3.60. The zero-order chi connectivity index (χ0) is 9.26. The summed E-state index contributed by atoms with van der Waals surface area (Å²) in [6.45, 7) is 3.17. The van der Waals surface area contributed by atoms with Gasteiger partial charge in [-0.2, -0.15) is 0 Å². The molecule has 3 N–H and O–H groups in total. The molecular formula is C11H16N2. The predicted octanol–water partition coefficient (Wildman–Crippen LogP) is 2.06. The minimum Gasteiger partial charge on any atom is -0.385 e. The van der Waals surface area contributed by atoms with Gasteiger partial charge in [0.25, 0.3) is 0 Å². The fourth-order valence-electron chi connectivity index (χ4n) is 1.82. The Hall–Kier alpha value is -1.02. The van der Waals surface area contributed by atoms with Crippen LogP contribution in [0.25, 0.3) is 0 Å². The molecule has 1 aliphatic rings. The van der Waals surface area contributed by atoms with Crippen LogP contribution in [-0.2, 0) is 6.42 Å². The van der Waals surface area contributed by atoms with Crippen LogP contribution in [-0.4, -0.2) is 6.54 Å². The first-order valence-electron chi connectivity index (χ1n) is 4.93. The average Bonchev–Trinajstić information content (AvgIpc) is 2.18. The van der Waals surface area contributed by atoms with Gasteiger partial charge in [0, 0.05) is 18.3 Å². The Labute approximate surface area is 79.1 Å². The molecule has 0 aromatic heterocycles. The van der Waals surface area contributed by atoms with Crippen LogP contribution in [0.4, 0.5) is 5.69 Å². The minimum atomic E-state index is 0.224. The van der Waals surface area contributed by atoms with Crippen LogP contribution in [0.3, 0.4) is 0 Å². The van der Waals surface area contributed by atoms with Crippen LogP contribution in [0, 0.1) is 0 Å². The molecule has 0 aliphatic carbocycles. The molecule has 0 fully saturated rings. The molecule has 0 bridgehead atoms. The fraction of sp³-hybridized carbons (Fsp3) is 0.455. The summed E-state index contributed by atoms with van der Waals surface area (Å²) in [5.74, 6) is 0. The zero-order valence-corrected chi connectivity index (χ0v) is 8.01. The molecule has 1 aromatic carbocycles. The molecule has 1 aliphatic heterocycles. The van der Waals surface area contributed by atoms with Crippen molar-refractivity contribution in [1.82, 2.24) is 0 Å². The summed E-state index contributed by atoms with van der Waals surface area (Å²) in [7, 11) is 0. The molecule has 1 atom stereocenters. The number of hydrogen-bond acceptors (Lipinski definition) is 2. The Bertz CT molecular complexity index is 307. The van der Waals surface area contributed by atoms with E-state index in [4.69, 9.17) is 5.73 Å². The van der Waals surface area contributed by atoms with Gasteiger partial charge in [0.1, 0.15) is 0 Å². The number of rotatable bonds is 1. The predicted molar refractivity (Wildman–Crippen MR) is 55.9 cm³/mol. The van der Waals surface area contributed by atoms with E-state index in [9.17, 15) is 0 Å². The Kier molecular flexibility index (Phi) is 2.23. The summed E-state index contributed by atoms with van der Waals surface area (Å²) >= 11 is 0. The maximum atomic E-state index is 6.00. The van der Waals surface area contributed by atoms with Gasteiger partial charge >= 0.3 is 0 Å². The van der Waals surface area contributed by atoms with E-state index in [1.807, 2.05) is 0 Å². The van der Waals surface area contributed by atoms with Crippen molar-refractivity contribution in [3.05, 3.63) is 29.3 Å². The highest BCUT2D eigenvalue weighted by molar-refractivity contribution is 5.56. The topological polar surface area (TPSA) is 38.0 Å². The van der Waals surface area contributed by atoms with E-state index >= 15 is 0 Å². The SMILES string of the molecule is CCc1ccc2c(c1)NCCC2N. The summed E-state index contributed by atoms with van der Waals surface area (Å²) in [6.07, 6.45) is 2.13. The number of benzene rings is 1. The Morgan fingerprint density at radius 2 is 2.38 bits per heavy atom. The number of anilines is 1. The van der Waals surface area contributed by atoms with Gasteiger partial charge in [0.05, 0.1) is 0 Å². The molecule has 0 saturated carbocycles. The van der Waals surface area contributed by atoms with Crippen LogP contribution in [0.5, 0.6) is 0 Å². The van der Waals surface area contributed by atoms with Gasteiger partial charge in [0.15, 0.2) is 0 Å². The number of nitrogens with one attached hydrogen (secondary N) is 1. The molecule has 0 spiro atoms. The third kappa shape index (κ3) is 1.54. The quantitative estimate of drug-likeness (QED) is 0.687. The third-order valence-corrected chi connectivity index (χ3v) is 2.70. The van der Waals surface area contributed by atoms with Crippen molar-refractivity contribution in [2.45, 2.75) is 25.8 Å². The van der Waals surface area contributed by atoms with Gasteiger partial charge < -0.3 is 11.1 Å². The van der Waals surface area contributed by atoms with Gasteiger partial charge in [-0.05, 0) is 30.0 Å². The van der Waals surface area contributed by atoms with E-state index in [2.05, 4.69) is 30.4 Å². The van der Waals surface area contributed by atoms with Crippen LogP contribution in [0.15, 0.2) is 18.2 Å². The van der Waals surface area contributed by atoms with E-state index in [-0.39, 0.29) is 6.04 Å². The molecule has 0 radical (unpaired) electrons. The fourth-order valence-corrected chi connectivity index (χ4v) is 1.82. The first kappa shape index (κ1) is 8.57. The second-order valence-corrected chi connectivity index (χ2v) is 3.60. The number of nitrogens with two attached hydrogens (primary N) is 1. The zero-order valence-electron chi connectivity index (χ0n) is 8.01. The highest BCUT2D eigenvalue weighted by atomic mass is 14.9. The lowest BCUT2D eigenvalue weighted by Crippen LogP contribution is -2.22. The van der Waals surface area contributed by atoms with E-state index in [1.165, 1.54) is 16.8 Å². The van der Waals surface area contributed by atoms with Gasteiger partial charge in [-0.1, -0.05) is 19.1 Å². The molecule has 2 heteroatoms. The molecule has 1 aromatic rings. The minimum absolute atomic E-state index is 0.224. The van der Waals surface area contributed by atoms with Crippen LogP contribution in [0.2, 0.25) is 0 Å². The number of hydrogen-bond donors (Lipinski definition) is 2. The Morgan fingerprint density at radius 1 is 1.54 bits per heavy atom. The Morgan fingerprint density at radius 3 is 3.15 bits per heavy atom. The highest BCUT2D eigenvalue weighted by Gasteiger charge is 2.15. The molecule has 0 amide bonds. The third-order valence-electron chi connectivity index (χ3n) is 2.70. The molecule has 13 heavy (non-hydrogen) atoms. The van der Waals surface area contributed by atoms with E-state index in [1.54, 1.807) is 0 Å². The van der Waals surface area contributed by atoms with Crippen molar-refractivity contribution < 1.29 is 0 Å². The average molecular weight is 176 g/mol. The number of aryl methyl sites for hydroxylation is 1. The summed E-state index contributed by atoms with van der Waals surface area (Å²) in [5.41, 5.74) is 9.87. The molecule has 1 unspecified atom stereocenters. The standard InChI is InChI=1S/C11H16N2/c1-2-8-3-4-9-10(12)5-6-13-11(9)7-8/h3-4,7,10,13H,2,5-6,12H2,1H3. The van der Waals surface area contributed by atoms with Gasteiger partial charge in [-0.15, -0.1) is 0 Å². The lowest BCUT2D eigenvalue weighted by molar-refractivity contribution is 0.654. The summed E-state index contributed by atoms with van der Waals surface area (Å²) in [4.78, 5) is 0. The maximum absolute atomic E-state index is 6.00. The summed E-state index contributed by atoms with van der Waals surface area (Å²) < 4.78 is 0. The normalized spacial score (nSPS) is 20.6. The van der Waals surface area contributed by atoms with Gasteiger partial charge in [-0.25, -0.2) is 0 Å². The van der Waals surface area contributed by atoms with Crippen molar-refractivity contribution in [2.75, 3.05) is 11.9 Å². The van der Waals surface area contributed by atoms with Gasteiger partial charge in [0.2, 0.25) is 0 Å². The smallest absolute Gasteiger partial charge is 0.0391 e. The van der Waals surface area contributed by atoms with Crippen LogP contribution < -0.4 is 11.1 Å². The number of fused-ring (bicyclic) bond motifs is 1. The largest absolute Gasteiger partial charge is 0.385 e. The van der Waals surface area contributed by atoms with Crippen LogP contribution >= 0.6 is 0 Å². The summed E-state index contributed by atoms with van der Waals surface area (Å²) in [6, 6.07) is 6.77. The lowest BCUT2D eigenvalue weighted by atomic mass is 9.96. The molecule has 1 heterocycles. The molecule has 70 valence electrons. The van der Waals surface area contributed by atoms with Crippen molar-refractivity contribution in [2.24, 2.45) is 5.73 Å². The van der Waals surface area contributed by atoms with E-state index in [0.717, 1.165) is 19.4 Å². The lowest BCUT2D eigenvalue weighted by Gasteiger charge is -2.24. The highest BCUT2D eigenvalue weighted by Crippen LogP contribution is 2.28. The first-order valence-corrected chi connectivity index (χ1v) is 4.93. The monoisotopic (exact) mass is 176 g/mol. The molecule has 2 nitrogen and oxygen atoms in total. The van der Waals surface area contributed by atoms with Gasteiger partial charge in [-0.3, -0.25) is 0 Å². The first-order chi connectivity index (χ1) is 6.31. The Balaban J connectivity index is 2.39.